The van der Waals surface area contributed by atoms with Crippen LogP contribution >= 0.6 is 0 Å². The van der Waals surface area contributed by atoms with Crippen LogP contribution in [0.4, 0.5) is 5.95 Å². The smallest absolute Gasteiger partial charge is 0.328 e. The molecule has 0 amide bonds. The summed E-state index contributed by atoms with van der Waals surface area (Å²) in [6, 6.07) is 0. The third-order valence-corrected chi connectivity index (χ3v) is 1.58. The van der Waals surface area contributed by atoms with Crippen molar-refractivity contribution in [2.24, 2.45) is 0 Å². The third kappa shape index (κ3) is 3.94. The van der Waals surface area contributed by atoms with Crippen LogP contribution < -0.4 is 5.73 Å². The van der Waals surface area contributed by atoms with Gasteiger partial charge in [-0.1, -0.05) is 0 Å². The zero-order chi connectivity index (χ0) is 11.3. The number of nitrogen functional groups attached to an aromatic ring is 1. The Kier molecular flexibility index (Phi) is 4.04. The molecule has 0 radical (unpaired) electrons. The first-order valence-corrected chi connectivity index (χ1v) is 4.45. The lowest BCUT2D eigenvalue weighted by molar-refractivity contribution is -0.151. The Morgan fingerprint density at radius 1 is 1.73 bits per heavy atom. The van der Waals surface area contributed by atoms with Crippen LogP contribution in [0.3, 0.4) is 0 Å². The van der Waals surface area contributed by atoms with Crippen molar-refractivity contribution in [3.05, 3.63) is 6.33 Å². The number of anilines is 1. The van der Waals surface area contributed by atoms with Gasteiger partial charge >= 0.3 is 5.97 Å². The van der Waals surface area contributed by atoms with Crippen LogP contribution in [0, 0.1) is 0 Å². The average Bonchev–Trinajstić information content (AvgIpc) is 2.51. The second-order valence-electron chi connectivity index (χ2n) is 3.06. The molecule has 1 rings (SSSR count). The lowest BCUT2D eigenvalue weighted by atomic mass is 10.4. The van der Waals surface area contributed by atoms with Crippen molar-refractivity contribution in [1.82, 2.24) is 14.8 Å². The Labute approximate surface area is 87.2 Å². The van der Waals surface area contributed by atoms with E-state index in [2.05, 4.69) is 10.1 Å². The van der Waals surface area contributed by atoms with Gasteiger partial charge in [-0.15, -0.1) is 5.10 Å². The Morgan fingerprint density at radius 2 is 2.47 bits per heavy atom. The minimum absolute atomic E-state index is 0.00173. The average molecular weight is 214 g/mol. The zero-order valence-electron chi connectivity index (χ0n) is 8.71. The predicted octanol–water partition coefficient (Wildman–Crippen LogP) is -0.562. The third-order valence-electron chi connectivity index (χ3n) is 1.58. The monoisotopic (exact) mass is 214 g/mol. The molecular weight excluding hydrogens is 200 g/mol. The largest absolute Gasteiger partial charge is 0.459 e. The second kappa shape index (κ2) is 5.30. The highest BCUT2D eigenvalue weighted by molar-refractivity contribution is 5.69. The van der Waals surface area contributed by atoms with E-state index in [1.165, 1.54) is 11.0 Å². The summed E-state index contributed by atoms with van der Waals surface area (Å²) in [5.74, 6) is -0.266. The molecule has 0 saturated carbocycles. The van der Waals surface area contributed by atoms with Crippen LogP contribution in [-0.4, -0.2) is 40.6 Å². The van der Waals surface area contributed by atoms with Crippen LogP contribution in [0.1, 0.15) is 6.92 Å². The fraction of sp³-hybridized carbons (Fsp3) is 0.625. The van der Waals surface area contributed by atoms with Gasteiger partial charge in [0.25, 0.3) is 0 Å². The molecule has 0 bridgehead atoms. The first-order valence-electron chi connectivity index (χ1n) is 4.45. The molecule has 1 aromatic rings. The number of methoxy groups -OCH3 is 1. The van der Waals surface area contributed by atoms with Gasteiger partial charge < -0.3 is 15.2 Å². The lowest BCUT2D eigenvalue weighted by Gasteiger charge is -2.11. The quantitative estimate of drug-likeness (QED) is 0.660. The molecule has 1 unspecified atom stereocenters. The van der Waals surface area contributed by atoms with Crippen LogP contribution in [0.2, 0.25) is 0 Å². The van der Waals surface area contributed by atoms with Crippen LogP contribution in [0.15, 0.2) is 6.33 Å². The van der Waals surface area contributed by atoms with Gasteiger partial charge in [-0.2, -0.15) is 0 Å². The summed E-state index contributed by atoms with van der Waals surface area (Å²) >= 11 is 0. The predicted molar refractivity (Wildman–Crippen MR) is 51.9 cm³/mol. The van der Waals surface area contributed by atoms with E-state index in [1.54, 1.807) is 14.0 Å². The van der Waals surface area contributed by atoms with Gasteiger partial charge in [0.15, 0.2) is 0 Å². The zero-order valence-corrected chi connectivity index (χ0v) is 8.71. The number of esters is 1. The highest BCUT2D eigenvalue weighted by Crippen LogP contribution is 1.95. The highest BCUT2D eigenvalue weighted by atomic mass is 16.6. The first kappa shape index (κ1) is 11.4. The minimum Gasteiger partial charge on any atom is -0.459 e. The summed E-state index contributed by atoms with van der Waals surface area (Å²) in [7, 11) is 1.54. The van der Waals surface area contributed by atoms with Crippen molar-refractivity contribution in [3.8, 4) is 0 Å². The fourth-order valence-electron chi connectivity index (χ4n) is 1.05. The number of carbonyl (C=O) groups excluding carboxylic acids is 1. The lowest BCUT2D eigenvalue weighted by Crippen LogP contribution is -2.23. The van der Waals surface area contributed by atoms with E-state index >= 15 is 0 Å². The summed E-state index contributed by atoms with van der Waals surface area (Å²) < 4.78 is 11.2. The number of rotatable bonds is 5. The molecule has 1 aromatic heterocycles. The Balaban J connectivity index is 2.36. The Morgan fingerprint density at radius 3 is 3.00 bits per heavy atom. The SMILES string of the molecule is COCC(C)OC(=O)Cn1cnc(N)n1. The Bertz CT molecular complexity index is 325. The molecule has 0 aliphatic rings. The number of nitrogens with two attached hydrogens (primary N) is 1. The van der Waals surface area contributed by atoms with E-state index in [1.807, 2.05) is 0 Å². The molecule has 84 valence electrons. The second-order valence-corrected chi connectivity index (χ2v) is 3.06. The van der Waals surface area contributed by atoms with Gasteiger partial charge in [0.1, 0.15) is 19.0 Å². The van der Waals surface area contributed by atoms with Gasteiger partial charge in [-0.05, 0) is 6.92 Å². The molecule has 0 spiro atoms. The molecular formula is C8H14N4O3. The van der Waals surface area contributed by atoms with Crippen molar-refractivity contribution >= 4 is 11.9 Å². The van der Waals surface area contributed by atoms with Gasteiger partial charge in [0.05, 0.1) is 6.61 Å². The number of carbonyl (C=O) groups is 1. The van der Waals surface area contributed by atoms with Crippen molar-refractivity contribution < 1.29 is 14.3 Å². The molecule has 0 aliphatic carbocycles. The van der Waals surface area contributed by atoms with Crippen LogP contribution in [0.5, 0.6) is 0 Å². The molecule has 2 N–H and O–H groups in total. The molecule has 0 saturated heterocycles. The first-order chi connectivity index (χ1) is 7.11. The number of aromatic nitrogens is 3. The van der Waals surface area contributed by atoms with Crippen molar-refractivity contribution in [2.75, 3.05) is 19.5 Å². The van der Waals surface area contributed by atoms with Crippen molar-refractivity contribution in [3.63, 3.8) is 0 Å². The maximum Gasteiger partial charge on any atom is 0.328 e. The topological polar surface area (TPSA) is 92.3 Å². The molecule has 0 fully saturated rings. The number of hydrogen-bond donors (Lipinski definition) is 1. The summed E-state index contributed by atoms with van der Waals surface area (Å²) in [5.41, 5.74) is 5.29. The van der Waals surface area contributed by atoms with Crippen LogP contribution in [-0.2, 0) is 20.8 Å². The molecule has 15 heavy (non-hydrogen) atoms. The minimum atomic E-state index is -0.399. The van der Waals surface area contributed by atoms with Crippen LogP contribution in [0.25, 0.3) is 0 Å². The summed E-state index contributed by atoms with van der Waals surface area (Å²) in [6.45, 7) is 2.11. The standard InChI is InChI=1S/C8H14N4O3/c1-6(4-14-2)15-7(13)3-12-5-10-8(9)11-12/h5-6H,3-4H2,1-2H3,(H2,9,11). The Hall–Kier alpha value is -1.63. The number of hydrogen-bond acceptors (Lipinski definition) is 6. The maximum absolute atomic E-state index is 11.3. The van der Waals surface area contributed by atoms with E-state index in [0.717, 1.165) is 0 Å². The van der Waals surface area contributed by atoms with E-state index in [-0.39, 0.29) is 18.6 Å². The summed E-state index contributed by atoms with van der Waals surface area (Å²) in [5, 5.41) is 3.76. The van der Waals surface area contributed by atoms with Gasteiger partial charge in [-0.25, -0.2) is 9.67 Å². The van der Waals surface area contributed by atoms with Crippen molar-refractivity contribution in [2.45, 2.75) is 19.6 Å². The fourth-order valence-corrected chi connectivity index (χ4v) is 1.05. The van der Waals surface area contributed by atoms with E-state index < -0.39 is 5.97 Å². The van der Waals surface area contributed by atoms with Gasteiger partial charge in [0.2, 0.25) is 5.95 Å². The summed E-state index contributed by atoms with van der Waals surface area (Å²) in [4.78, 5) is 15.0. The summed E-state index contributed by atoms with van der Waals surface area (Å²) in [6.07, 6.45) is 1.10. The maximum atomic E-state index is 11.3. The molecule has 7 heteroatoms. The van der Waals surface area contributed by atoms with E-state index in [4.69, 9.17) is 15.2 Å². The molecule has 1 atom stereocenters. The molecule has 1 heterocycles. The molecule has 0 aromatic carbocycles. The highest BCUT2D eigenvalue weighted by Gasteiger charge is 2.10. The van der Waals surface area contributed by atoms with E-state index in [0.29, 0.717) is 6.61 Å². The normalized spacial score (nSPS) is 12.4. The van der Waals surface area contributed by atoms with Gasteiger partial charge in [-0.3, -0.25) is 4.79 Å². The van der Waals surface area contributed by atoms with Crippen molar-refractivity contribution in [1.29, 1.82) is 0 Å². The molecule has 0 aliphatic heterocycles. The number of nitrogens with zero attached hydrogens (tertiary/aromatic N) is 3. The molecule has 7 nitrogen and oxygen atoms in total. The number of ether oxygens (including phenoxy) is 2. The van der Waals surface area contributed by atoms with E-state index in [9.17, 15) is 4.79 Å². The van der Waals surface area contributed by atoms with Gasteiger partial charge in [0, 0.05) is 7.11 Å².